The Morgan fingerprint density at radius 2 is 1.68 bits per heavy atom. The third-order valence-electron chi connectivity index (χ3n) is 7.42. The first-order valence-electron chi connectivity index (χ1n) is 15.4. The van der Waals surface area contributed by atoms with Crippen molar-refractivity contribution in [2.45, 2.75) is 37.8 Å². The number of hydrogen-bond donors (Lipinski definition) is 1. The Morgan fingerprint density at radius 1 is 0.940 bits per heavy atom. The summed E-state index contributed by atoms with van der Waals surface area (Å²) in [6.07, 6.45) is 0.979. The van der Waals surface area contributed by atoms with Gasteiger partial charge in [-0.2, -0.15) is 0 Å². The molecule has 0 spiro atoms. The van der Waals surface area contributed by atoms with Crippen molar-refractivity contribution in [1.29, 1.82) is 0 Å². The maximum absolute atomic E-state index is 16.0. The lowest BCUT2D eigenvalue weighted by atomic mass is 10.2. The van der Waals surface area contributed by atoms with Gasteiger partial charge in [-0.1, -0.05) is 29.3 Å². The van der Waals surface area contributed by atoms with Gasteiger partial charge in [0.05, 0.1) is 42.8 Å². The van der Waals surface area contributed by atoms with Crippen LogP contribution < -0.4 is 24.0 Å². The molecule has 11 nitrogen and oxygen atoms in total. The lowest BCUT2D eigenvalue weighted by Crippen LogP contribution is -2.38. The summed E-state index contributed by atoms with van der Waals surface area (Å²) in [6, 6.07) is 16.9. The predicted octanol–water partition coefficient (Wildman–Crippen LogP) is 7.99. The number of ether oxygens (including phenoxy) is 3. The molecule has 15 heteroatoms. The van der Waals surface area contributed by atoms with Crippen LogP contribution in [-0.2, 0) is 21.3 Å². The molecule has 0 aliphatic heterocycles. The van der Waals surface area contributed by atoms with Crippen LogP contribution in [0.4, 0.5) is 32.1 Å². The van der Waals surface area contributed by atoms with Crippen molar-refractivity contribution in [1.82, 2.24) is 9.88 Å². The van der Waals surface area contributed by atoms with Crippen molar-refractivity contribution >= 4 is 62.2 Å². The van der Waals surface area contributed by atoms with Gasteiger partial charge in [0, 0.05) is 56.1 Å². The number of likely N-dealkylation sites (N-methyl/N-ethyl adjacent to an activating group) is 2. The Labute approximate surface area is 302 Å². The van der Waals surface area contributed by atoms with Crippen LogP contribution >= 0.6 is 23.2 Å². The number of methoxy groups -OCH3 is 2. The summed E-state index contributed by atoms with van der Waals surface area (Å²) in [5.74, 6) is -0.0858. The van der Waals surface area contributed by atoms with Crippen molar-refractivity contribution in [3.8, 4) is 11.5 Å². The average molecular weight is 749 g/mol. The highest BCUT2D eigenvalue weighted by Crippen LogP contribution is 2.37. The van der Waals surface area contributed by atoms with E-state index in [0.29, 0.717) is 46.5 Å². The zero-order valence-corrected chi connectivity index (χ0v) is 31.2. The largest absolute Gasteiger partial charge is 0.497 e. The molecule has 0 saturated heterocycles. The van der Waals surface area contributed by atoms with Gasteiger partial charge in [-0.15, -0.1) is 0 Å². The second kappa shape index (κ2) is 16.0. The molecule has 1 amide bonds. The normalized spacial score (nSPS) is 11.5. The fraction of sp³-hybridized carbons (Fsp3) is 0.314. The Balaban J connectivity index is 1.64. The number of carbonyl (C=O) groups is 1. The van der Waals surface area contributed by atoms with Crippen LogP contribution in [0, 0.1) is 5.82 Å². The fourth-order valence-corrected chi connectivity index (χ4v) is 6.71. The van der Waals surface area contributed by atoms with E-state index in [1.54, 1.807) is 76.3 Å². The van der Waals surface area contributed by atoms with Gasteiger partial charge in [-0.3, -0.25) is 0 Å². The maximum Gasteiger partial charge on any atom is 0.410 e. The SMILES string of the molecule is COc1ccc(CN(c2ccccn2)S(=O)(=O)c2cc(Cl)c(Nc3ccc(Cl)cc3N(C)CCN(C)C(=O)OC(C)(C)C)cc2F)c(OC)c1. The molecule has 3 aromatic carbocycles. The lowest BCUT2D eigenvalue weighted by molar-refractivity contribution is 0.0303. The van der Waals surface area contributed by atoms with E-state index in [1.165, 1.54) is 31.4 Å². The highest BCUT2D eigenvalue weighted by Gasteiger charge is 2.31. The van der Waals surface area contributed by atoms with Gasteiger partial charge in [0.2, 0.25) is 0 Å². The monoisotopic (exact) mass is 747 g/mol. The molecule has 0 bridgehead atoms. The summed E-state index contributed by atoms with van der Waals surface area (Å²) in [4.78, 5) is 19.4. The molecule has 1 aromatic heterocycles. The minimum absolute atomic E-state index is 0.0545. The first-order chi connectivity index (χ1) is 23.5. The number of rotatable bonds is 13. The molecule has 0 fully saturated rings. The molecule has 0 aliphatic rings. The molecule has 1 heterocycles. The molecular weight excluding hydrogens is 708 g/mol. The highest BCUT2D eigenvalue weighted by atomic mass is 35.5. The lowest BCUT2D eigenvalue weighted by Gasteiger charge is -2.28. The van der Waals surface area contributed by atoms with E-state index in [-0.39, 0.29) is 23.1 Å². The van der Waals surface area contributed by atoms with Crippen LogP contribution in [0.25, 0.3) is 0 Å². The number of aromatic nitrogens is 1. The smallest absolute Gasteiger partial charge is 0.410 e. The van der Waals surface area contributed by atoms with Crippen molar-refractivity contribution in [2.75, 3.05) is 55.9 Å². The van der Waals surface area contributed by atoms with Gasteiger partial charge in [0.25, 0.3) is 10.0 Å². The number of amides is 1. The number of pyridine rings is 1. The summed E-state index contributed by atoms with van der Waals surface area (Å²) in [5, 5.41) is 3.50. The second-order valence-electron chi connectivity index (χ2n) is 12.2. The number of halogens is 3. The molecule has 1 N–H and O–H groups in total. The predicted molar refractivity (Wildman–Crippen MR) is 195 cm³/mol. The van der Waals surface area contributed by atoms with Gasteiger partial charge in [0.1, 0.15) is 33.6 Å². The standard InChI is InChI=1S/C35H40Cl2FN5O6S/c1-35(2,3)49-34(44)42(5)17-16-41(4)30-18-24(36)12-14-28(30)40-29-21-27(38)32(20-26(29)37)50(45,46)43(33-10-8-9-15-39-33)22-23-11-13-25(47-6)19-31(23)48-7/h8-15,18-21,40H,16-17,22H2,1-7H3. The molecule has 0 saturated carbocycles. The maximum atomic E-state index is 16.0. The molecule has 0 aliphatic carbocycles. The van der Waals surface area contributed by atoms with Crippen LogP contribution in [-0.4, -0.2) is 71.4 Å². The van der Waals surface area contributed by atoms with E-state index in [1.807, 2.05) is 11.9 Å². The molecule has 0 unspecified atom stereocenters. The summed E-state index contributed by atoms with van der Waals surface area (Å²) >= 11 is 13.0. The van der Waals surface area contributed by atoms with Crippen LogP contribution in [0.5, 0.6) is 11.5 Å². The molecule has 4 aromatic rings. The van der Waals surface area contributed by atoms with Crippen LogP contribution in [0.2, 0.25) is 10.0 Å². The first-order valence-corrected chi connectivity index (χ1v) is 17.6. The summed E-state index contributed by atoms with van der Waals surface area (Å²) < 4.78 is 61.5. The second-order valence-corrected chi connectivity index (χ2v) is 14.9. The van der Waals surface area contributed by atoms with Gasteiger partial charge < -0.3 is 29.3 Å². The van der Waals surface area contributed by atoms with Crippen LogP contribution in [0.3, 0.4) is 0 Å². The zero-order chi connectivity index (χ0) is 36.8. The van der Waals surface area contributed by atoms with Crippen LogP contribution in [0.15, 0.2) is 77.8 Å². The van der Waals surface area contributed by atoms with Crippen LogP contribution in [0.1, 0.15) is 26.3 Å². The van der Waals surface area contributed by atoms with E-state index in [0.717, 1.165) is 16.4 Å². The Hall–Kier alpha value is -4.46. The van der Waals surface area contributed by atoms with E-state index in [9.17, 15) is 13.2 Å². The number of nitrogens with one attached hydrogen (secondary N) is 1. The van der Waals surface area contributed by atoms with E-state index in [4.69, 9.17) is 37.4 Å². The van der Waals surface area contributed by atoms with Gasteiger partial charge >= 0.3 is 6.09 Å². The molecule has 0 radical (unpaired) electrons. The van der Waals surface area contributed by atoms with Crippen molar-refractivity contribution in [2.24, 2.45) is 0 Å². The molecule has 268 valence electrons. The van der Waals surface area contributed by atoms with E-state index >= 15 is 4.39 Å². The third kappa shape index (κ3) is 9.40. The van der Waals surface area contributed by atoms with Crippen molar-refractivity contribution in [3.63, 3.8) is 0 Å². The minimum Gasteiger partial charge on any atom is -0.497 e. The number of nitrogens with zero attached hydrogens (tertiary/aromatic N) is 4. The molecule has 50 heavy (non-hydrogen) atoms. The number of carbonyl (C=O) groups excluding carboxylic acids is 1. The Bertz CT molecular complexity index is 1930. The minimum atomic E-state index is -4.57. The quantitative estimate of drug-likeness (QED) is 0.145. The molecular formula is C35H40Cl2FN5O6S. The molecule has 4 rings (SSSR count). The van der Waals surface area contributed by atoms with Crippen molar-refractivity contribution in [3.05, 3.63) is 94.4 Å². The fourth-order valence-electron chi connectivity index (χ4n) is 4.79. The zero-order valence-electron chi connectivity index (χ0n) is 28.8. The van der Waals surface area contributed by atoms with Crippen molar-refractivity contribution < 1.29 is 31.8 Å². The number of anilines is 4. The first kappa shape index (κ1) is 38.3. The van der Waals surface area contributed by atoms with Gasteiger partial charge in [-0.25, -0.2) is 26.9 Å². The van der Waals surface area contributed by atoms with E-state index < -0.39 is 32.4 Å². The van der Waals surface area contributed by atoms with E-state index in [2.05, 4.69) is 10.3 Å². The summed E-state index contributed by atoms with van der Waals surface area (Å²) in [6.45, 7) is 5.87. The third-order valence-corrected chi connectivity index (χ3v) is 9.73. The Kier molecular flexibility index (Phi) is 12.3. The highest BCUT2D eigenvalue weighted by molar-refractivity contribution is 7.92. The average Bonchev–Trinajstić information content (AvgIpc) is 3.07. The van der Waals surface area contributed by atoms with Gasteiger partial charge in [0.15, 0.2) is 0 Å². The number of sulfonamides is 1. The van der Waals surface area contributed by atoms with Gasteiger partial charge in [-0.05, 0) is 69.3 Å². The number of benzene rings is 3. The Morgan fingerprint density at radius 3 is 2.32 bits per heavy atom. The summed E-state index contributed by atoms with van der Waals surface area (Å²) in [5.41, 5.74) is 1.11. The topological polar surface area (TPSA) is 114 Å². The summed E-state index contributed by atoms with van der Waals surface area (Å²) in [7, 11) is 1.84. The number of hydrogen-bond acceptors (Lipinski definition) is 9. The molecule has 0 atom stereocenters.